The van der Waals surface area contributed by atoms with E-state index in [9.17, 15) is 22.4 Å². The average Bonchev–Trinajstić information content (AvgIpc) is 3.18. The second kappa shape index (κ2) is 9.28. The number of ether oxygens (including phenoxy) is 1. The van der Waals surface area contributed by atoms with E-state index in [2.05, 4.69) is 20.2 Å². The van der Waals surface area contributed by atoms with Crippen molar-refractivity contribution in [2.75, 3.05) is 13.2 Å². The molecule has 1 atom stereocenters. The van der Waals surface area contributed by atoms with E-state index in [4.69, 9.17) is 9.15 Å². The molecule has 1 amide bonds. The molecule has 8 nitrogen and oxygen atoms in total. The van der Waals surface area contributed by atoms with Gasteiger partial charge in [-0.15, -0.1) is 10.2 Å². The van der Waals surface area contributed by atoms with Crippen molar-refractivity contribution < 1.29 is 31.5 Å². The van der Waals surface area contributed by atoms with Gasteiger partial charge in [0, 0.05) is 13.5 Å². The van der Waals surface area contributed by atoms with Crippen LogP contribution in [0.1, 0.15) is 35.8 Å². The molecule has 0 fully saturated rings. The number of benzene rings is 1. The molecule has 0 N–H and O–H groups in total. The maximum absolute atomic E-state index is 14.5. The summed E-state index contributed by atoms with van der Waals surface area (Å²) in [6.45, 7) is 5.11. The van der Waals surface area contributed by atoms with Crippen LogP contribution in [0.25, 0.3) is 11.5 Å². The van der Waals surface area contributed by atoms with E-state index >= 15 is 0 Å². The number of aromatic nitrogens is 4. The highest BCUT2D eigenvalue weighted by Gasteiger charge is 2.33. The number of carbonyl (C=O) groups excluding carboxylic acids is 1. The van der Waals surface area contributed by atoms with Gasteiger partial charge in [-0.2, -0.15) is 13.2 Å². The van der Waals surface area contributed by atoms with Crippen LogP contribution in [0, 0.1) is 12.7 Å². The van der Waals surface area contributed by atoms with Gasteiger partial charge >= 0.3 is 6.18 Å². The highest BCUT2D eigenvalue weighted by atomic mass is 19.4. The van der Waals surface area contributed by atoms with E-state index < -0.39 is 29.6 Å². The Morgan fingerprint density at radius 2 is 1.97 bits per heavy atom. The SMILES string of the molecule is CCN(C(=O)c1cccc(F)c1-c1nnc(C)o1)C(C)COc1cnc(C(F)(F)F)cn1. The predicted molar refractivity (Wildman–Crippen MR) is 103 cm³/mol. The molecule has 32 heavy (non-hydrogen) atoms. The Hall–Kier alpha value is -3.57. The summed E-state index contributed by atoms with van der Waals surface area (Å²) in [5, 5.41) is 7.48. The zero-order chi connectivity index (χ0) is 23.5. The molecule has 0 aliphatic carbocycles. The van der Waals surface area contributed by atoms with Gasteiger partial charge < -0.3 is 14.1 Å². The lowest BCUT2D eigenvalue weighted by molar-refractivity contribution is -0.141. The molecule has 170 valence electrons. The van der Waals surface area contributed by atoms with Gasteiger partial charge in [0.05, 0.1) is 29.6 Å². The molecule has 0 spiro atoms. The molecule has 0 saturated carbocycles. The topological polar surface area (TPSA) is 94.2 Å². The summed E-state index contributed by atoms with van der Waals surface area (Å²) in [6.07, 6.45) is -3.19. The molecule has 0 saturated heterocycles. The molecular weight excluding hydrogens is 434 g/mol. The van der Waals surface area contributed by atoms with Gasteiger partial charge in [-0.3, -0.25) is 4.79 Å². The number of halogens is 4. The minimum absolute atomic E-state index is 0.0247. The second-order valence-corrected chi connectivity index (χ2v) is 6.78. The van der Waals surface area contributed by atoms with Crippen molar-refractivity contribution in [2.45, 2.75) is 33.0 Å². The molecule has 1 unspecified atom stereocenters. The van der Waals surface area contributed by atoms with Crippen LogP contribution in [0.4, 0.5) is 17.6 Å². The number of rotatable bonds is 7. The summed E-state index contributed by atoms with van der Waals surface area (Å²) in [5.41, 5.74) is -1.23. The van der Waals surface area contributed by atoms with Crippen molar-refractivity contribution in [3.63, 3.8) is 0 Å². The van der Waals surface area contributed by atoms with Crippen LogP contribution in [0.15, 0.2) is 35.0 Å². The first kappa shape index (κ1) is 23.1. The fraction of sp³-hybridized carbons (Fsp3) is 0.350. The van der Waals surface area contributed by atoms with E-state index in [1.54, 1.807) is 20.8 Å². The standard InChI is InChI=1S/C20H19F4N5O3/c1-4-29(11(2)10-31-16-9-25-15(8-26-16)20(22,23)24)19(30)13-6-5-7-14(21)17(13)18-28-27-12(3)32-18/h5-9,11H,4,10H2,1-3H3. The van der Waals surface area contributed by atoms with E-state index in [1.165, 1.54) is 23.1 Å². The number of hydrogen-bond acceptors (Lipinski definition) is 7. The Morgan fingerprint density at radius 1 is 1.22 bits per heavy atom. The van der Waals surface area contributed by atoms with Crippen LogP contribution in [-0.2, 0) is 6.18 Å². The Bertz CT molecular complexity index is 1090. The van der Waals surface area contributed by atoms with Crippen LogP contribution in [-0.4, -0.2) is 50.2 Å². The first-order valence-corrected chi connectivity index (χ1v) is 9.53. The fourth-order valence-corrected chi connectivity index (χ4v) is 2.96. The molecular formula is C20H19F4N5O3. The summed E-state index contributed by atoms with van der Waals surface area (Å²) in [5.74, 6) is -1.23. The largest absolute Gasteiger partial charge is 0.474 e. The van der Waals surface area contributed by atoms with Crippen LogP contribution in [0.2, 0.25) is 0 Å². The molecule has 2 heterocycles. The lowest BCUT2D eigenvalue weighted by Gasteiger charge is -2.28. The maximum atomic E-state index is 14.5. The Morgan fingerprint density at radius 3 is 2.53 bits per heavy atom. The maximum Gasteiger partial charge on any atom is 0.434 e. The molecule has 12 heteroatoms. The van der Waals surface area contributed by atoms with Crippen LogP contribution >= 0.6 is 0 Å². The van der Waals surface area contributed by atoms with E-state index in [0.29, 0.717) is 6.20 Å². The van der Waals surface area contributed by atoms with E-state index in [1.807, 2.05) is 0 Å². The Kier molecular flexibility index (Phi) is 6.70. The van der Waals surface area contributed by atoms with Crippen LogP contribution in [0.5, 0.6) is 5.88 Å². The molecule has 1 aromatic carbocycles. The van der Waals surface area contributed by atoms with Crippen molar-refractivity contribution in [1.82, 2.24) is 25.1 Å². The van der Waals surface area contributed by atoms with Gasteiger partial charge in [0.2, 0.25) is 11.8 Å². The Labute approximate surface area is 180 Å². The number of likely N-dealkylation sites (N-methyl/N-ethyl adjacent to an activating group) is 1. The zero-order valence-corrected chi connectivity index (χ0v) is 17.4. The zero-order valence-electron chi connectivity index (χ0n) is 17.4. The lowest BCUT2D eigenvalue weighted by atomic mass is 10.0. The van der Waals surface area contributed by atoms with Gasteiger partial charge in [-0.05, 0) is 26.0 Å². The molecule has 2 aromatic heterocycles. The summed E-state index contributed by atoms with van der Waals surface area (Å²) < 4.78 is 63.0. The summed E-state index contributed by atoms with van der Waals surface area (Å²) >= 11 is 0. The second-order valence-electron chi connectivity index (χ2n) is 6.78. The highest BCUT2D eigenvalue weighted by molar-refractivity contribution is 6.00. The van der Waals surface area contributed by atoms with Gasteiger partial charge in [0.15, 0.2) is 5.69 Å². The first-order valence-electron chi connectivity index (χ1n) is 9.53. The molecule has 0 radical (unpaired) electrons. The summed E-state index contributed by atoms with van der Waals surface area (Å²) in [4.78, 5) is 21.5. The van der Waals surface area contributed by atoms with Crippen molar-refractivity contribution in [1.29, 1.82) is 0 Å². The number of amides is 1. The smallest absolute Gasteiger partial charge is 0.434 e. The van der Waals surface area contributed by atoms with Crippen molar-refractivity contribution >= 4 is 5.91 Å². The third-order valence-electron chi connectivity index (χ3n) is 4.51. The summed E-state index contributed by atoms with van der Waals surface area (Å²) in [6, 6.07) is 3.48. The highest BCUT2D eigenvalue weighted by Crippen LogP contribution is 2.28. The third kappa shape index (κ3) is 5.01. The number of carbonyl (C=O) groups is 1. The fourth-order valence-electron chi connectivity index (χ4n) is 2.96. The molecule has 3 aromatic rings. The molecule has 3 rings (SSSR count). The first-order chi connectivity index (χ1) is 15.1. The quantitative estimate of drug-likeness (QED) is 0.501. The summed E-state index contributed by atoms with van der Waals surface area (Å²) in [7, 11) is 0. The van der Waals surface area contributed by atoms with Crippen LogP contribution in [0.3, 0.4) is 0 Å². The Balaban J connectivity index is 1.77. The minimum atomic E-state index is -4.61. The molecule has 0 aliphatic heterocycles. The monoisotopic (exact) mass is 453 g/mol. The average molecular weight is 453 g/mol. The van der Waals surface area contributed by atoms with Crippen molar-refractivity contribution in [3.8, 4) is 17.3 Å². The normalized spacial score (nSPS) is 12.5. The predicted octanol–water partition coefficient (Wildman–Crippen LogP) is 3.92. The van der Waals surface area contributed by atoms with Crippen LogP contribution < -0.4 is 4.74 Å². The van der Waals surface area contributed by atoms with Crippen molar-refractivity contribution in [2.24, 2.45) is 0 Å². The van der Waals surface area contributed by atoms with Gasteiger partial charge in [0.25, 0.3) is 11.8 Å². The third-order valence-corrected chi connectivity index (χ3v) is 4.51. The van der Waals surface area contributed by atoms with E-state index in [0.717, 1.165) is 6.20 Å². The van der Waals surface area contributed by atoms with E-state index in [-0.39, 0.29) is 41.9 Å². The lowest BCUT2D eigenvalue weighted by Crippen LogP contribution is -2.42. The number of hydrogen-bond donors (Lipinski definition) is 0. The number of aryl methyl sites for hydroxylation is 1. The van der Waals surface area contributed by atoms with Gasteiger partial charge in [-0.1, -0.05) is 6.07 Å². The van der Waals surface area contributed by atoms with Crippen molar-refractivity contribution in [3.05, 3.63) is 53.6 Å². The number of nitrogens with zero attached hydrogens (tertiary/aromatic N) is 5. The minimum Gasteiger partial charge on any atom is -0.474 e. The molecule has 0 aliphatic rings. The number of alkyl halides is 3. The molecule has 0 bridgehead atoms. The van der Waals surface area contributed by atoms with Gasteiger partial charge in [0.1, 0.15) is 12.4 Å². The van der Waals surface area contributed by atoms with Gasteiger partial charge in [-0.25, -0.2) is 14.4 Å².